The van der Waals surface area contributed by atoms with Crippen LogP contribution >= 0.6 is 23.1 Å². The molecule has 0 bridgehead atoms. The van der Waals surface area contributed by atoms with E-state index in [2.05, 4.69) is 0 Å². The molecule has 1 aromatic heterocycles. The predicted molar refractivity (Wildman–Crippen MR) is 126 cm³/mol. The quantitative estimate of drug-likeness (QED) is 0.396. The van der Waals surface area contributed by atoms with Gasteiger partial charge in [-0.05, 0) is 36.8 Å². The van der Waals surface area contributed by atoms with Crippen molar-refractivity contribution in [1.29, 1.82) is 0 Å². The molecule has 0 spiro atoms. The fourth-order valence-corrected chi connectivity index (χ4v) is 7.23. The van der Waals surface area contributed by atoms with Crippen molar-refractivity contribution in [2.24, 2.45) is 5.92 Å². The highest BCUT2D eigenvalue weighted by Gasteiger charge is 2.56. The number of thioether (sulfide) groups is 1. The first kappa shape index (κ1) is 22.5. The molecule has 174 valence electrons. The fraction of sp³-hybridized carbons (Fsp3) is 0.250. The summed E-state index contributed by atoms with van der Waals surface area (Å²) >= 11 is 2.06. The van der Waals surface area contributed by atoms with Crippen LogP contribution in [0.25, 0.3) is 0 Å². The van der Waals surface area contributed by atoms with E-state index in [4.69, 9.17) is 4.74 Å². The molecule has 0 aliphatic carbocycles. The lowest BCUT2D eigenvalue weighted by atomic mass is 9.83. The number of aromatic nitrogens is 1. The van der Waals surface area contributed by atoms with Gasteiger partial charge in [0, 0.05) is 10.8 Å². The molecule has 3 aromatic rings. The SMILES string of the molecule is CCOC(=O)Cn1c2c(sc1=O)[C@@H](c1ccc(F)cc1)[C@@H]1C(=O)N(c3ccccc3)C(=O)[C@@H]1S2. The largest absolute Gasteiger partial charge is 0.465 e. The van der Waals surface area contributed by atoms with Gasteiger partial charge in [0.15, 0.2) is 0 Å². The third-order valence-corrected chi connectivity index (χ3v) is 8.49. The smallest absolute Gasteiger partial charge is 0.326 e. The van der Waals surface area contributed by atoms with E-state index in [1.807, 2.05) is 0 Å². The van der Waals surface area contributed by atoms with Crippen molar-refractivity contribution in [3.63, 3.8) is 0 Å². The van der Waals surface area contributed by atoms with E-state index < -0.39 is 28.9 Å². The second-order valence-electron chi connectivity index (χ2n) is 7.87. The number of hydrogen-bond acceptors (Lipinski definition) is 7. The predicted octanol–water partition coefficient (Wildman–Crippen LogP) is 3.41. The summed E-state index contributed by atoms with van der Waals surface area (Å²) in [5.74, 6) is -3.15. The van der Waals surface area contributed by atoms with Gasteiger partial charge in [0.2, 0.25) is 11.8 Å². The number of carbonyl (C=O) groups excluding carboxylic acids is 3. The van der Waals surface area contributed by atoms with Crippen molar-refractivity contribution in [2.45, 2.75) is 29.7 Å². The maximum atomic E-state index is 13.7. The molecule has 34 heavy (non-hydrogen) atoms. The van der Waals surface area contributed by atoms with Crippen molar-refractivity contribution in [2.75, 3.05) is 11.5 Å². The molecule has 2 aliphatic heterocycles. The molecule has 0 radical (unpaired) electrons. The van der Waals surface area contributed by atoms with Crippen LogP contribution in [0.3, 0.4) is 0 Å². The molecule has 2 aliphatic rings. The molecule has 1 fully saturated rings. The first-order chi connectivity index (χ1) is 16.4. The summed E-state index contributed by atoms with van der Waals surface area (Å²) in [5, 5.41) is -0.326. The zero-order chi connectivity index (χ0) is 24.0. The van der Waals surface area contributed by atoms with Crippen LogP contribution in [0.4, 0.5) is 10.1 Å². The van der Waals surface area contributed by atoms with Gasteiger partial charge in [-0.2, -0.15) is 0 Å². The van der Waals surface area contributed by atoms with Gasteiger partial charge < -0.3 is 4.74 Å². The Hall–Kier alpha value is -3.24. The number of para-hydroxylation sites is 1. The van der Waals surface area contributed by atoms with Crippen molar-refractivity contribution in [3.8, 4) is 0 Å². The normalized spacial score (nSPS) is 21.4. The lowest BCUT2D eigenvalue weighted by Gasteiger charge is -2.30. The van der Waals surface area contributed by atoms with Crippen LogP contribution in [-0.4, -0.2) is 34.2 Å². The van der Waals surface area contributed by atoms with Gasteiger partial charge >= 0.3 is 10.8 Å². The van der Waals surface area contributed by atoms with E-state index in [9.17, 15) is 23.6 Å². The number of imide groups is 1. The highest BCUT2D eigenvalue weighted by Crippen LogP contribution is 2.53. The molecule has 10 heteroatoms. The molecular weight excluding hydrogens is 479 g/mol. The van der Waals surface area contributed by atoms with E-state index in [-0.39, 0.29) is 29.8 Å². The Morgan fingerprint density at radius 1 is 1.03 bits per heavy atom. The third kappa shape index (κ3) is 3.67. The number of ether oxygens (including phenoxy) is 1. The number of hydrogen-bond donors (Lipinski definition) is 0. The van der Waals surface area contributed by atoms with Crippen LogP contribution in [0.5, 0.6) is 0 Å². The van der Waals surface area contributed by atoms with Crippen LogP contribution < -0.4 is 9.77 Å². The number of amides is 2. The molecule has 2 amide bonds. The fourth-order valence-electron chi connectivity index (χ4n) is 4.45. The van der Waals surface area contributed by atoms with E-state index in [1.165, 1.54) is 21.6 Å². The topological polar surface area (TPSA) is 85.7 Å². The van der Waals surface area contributed by atoms with Crippen LogP contribution in [0.2, 0.25) is 0 Å². The first-order valence-electron chi connectivity index (χ1n) is 10.6. The summed E-state index contributed by atoms with van der Waals surface area (Å²) in [6, 6.07) is 14.4. The Kier molecular flexibility index (Phi) is 5.86. The standard InChI is InChI=1S/C24H19FN2O5S2/c1-2-32-16(28)12-26-23-20(34-24(26)31)17(13-8-10-14(25)11-9-13)18-19(33-23)22(30)27(21(18)29)15-6-4-3-5-7-15/h3-11,17-19H,2,12H2,1H3/t17-,18-,19+/m0/s1. The first-order valence-corrected chi connectivity index (χ1v) is 12.3. The van der Waals surface area contributed by atoms with E-state index in [0.29, 0.717) is 21.2 Å². The highest BCUT2D eigenvalue weighted by atomic mass is 32.2. The average Bonchev–Trinajstić information content (AvgIpc) is 3.26. The number of benzene rings is 2. The van der Waals surface area contributed by atoms with Gasteiger partial charge in [-0.3, -0.25) is 23.7 Å². The summed E-state index contributed by atoms with van der Waals surface area (Å²) < 4.78 is 20.0. The molecule has 2 aromatic carbocycles. The summed E-state index contributed by atoms with van der Waals surface area (Å²) in [7, 11) is 0. The van der Waals surface area contributed by atoms with Crippen LogP contribution in [0.1, 0.15) is 23.3 Å². The number of nitrogens with zero attached hydrogens (tertiary/aromatic N) is 2. The molecule has 3 atom stereocenters. The molecule has 3 heterocycles. The van der Waals surface area contributed by atoms with Gasteiger partial charge in [-0.15, -0.1) is 0 Å². The van der Waals surface area contributed by atoms with Gasteiger partial charge in [0.05, 0.1) is 23.2 Å². The maximum absolute atomic E-state index is 13.7. The number of fused-ring (bicyclic) bond motifs is 2. The Morgan fingerprint density at radius 2 is 1.74 bits per heavy atom. The third-order valence-electron chi connectivity index (χ3n) is 5.89. The Bertz CT molecular complexity index is 1340. The number of rotatable bonds is 5. The molecule has 5 rings (SSSR count). The molecule has 0 saturated carbocycles. The average molecular weight is 499 g/mol. The summed E-state index contributed by atoms with van der Waals surface area (Å²) in [6.45, 7) is 1.56. The van der Waals surface area contributed by atoms with E-state index >= 15 is 0 Å². The summed E-state index contributed by atoms with van der Waals surface area (Å²) in [4.78, 5) is 53.5. The van der Waals surface area contributed by atoms with Gasteiger partial charge in [-0.1, -0.05) is 53.4 Å². The van der Waals surface area contributed by atoms with Crippen molar-refractivity contribution >= 4 is 46.6 Å². The number of esters is 1. The van der Waals surface area contributed by atoms with Crippen LogP contribution in [-0.2, 0) is 25.7 Å². The zero-order valence-electron chi connectivity index (χ0n) is 18.0. The number of halogens is 1. The zero-order valence-corrected chi connectivity index (χ0v) is 19.6. The Morgan fingerprint density at radius 3 is 2.41 bits per heavy atom. The summed E-state index contributed by atoms with van der Waals surface area (Å²) in [5.41, 5.74) is 1.09. The minimum absolute atomic E-state index is 0.176. The number of thiazole rings is 1. The molecule has 0 unspecified atom stereocenters. The van der Waals surface area contributed by atoms with E-state index in [0.717, 1.165) is 23.1 Å². The Balaban J connectivity index is 1.65. The molecule has 7 nitrogen and oxygen atoms in total. The van der Waals surface area contributed by atoms with Gasteiger partial charge in [-0.25, -0.2) is 9.29 Å². The van der Waals surface area contributed by atoms with Gasteiger partial charge in [0.1, 0.15) is 17.6 Å². The molecular formula is C24H19FN2O5S2. The van der Waals surface area contributed by atoms with Crippen molar-refractivity contribution in [1.82, 2.24) is 4.57 Å². The van der Waals surface area contributed by atoms with E-state index in [1.54, 1.807) is 49.4 Å². The van der Waals surface area contributed by atoms with Crippen LogP contribution in [0.15, 0.2) is 64.4 Å². The van der Waals surface area contributed by atoms with Crippen molar-refractivity contribution < 1.29 is 23.5 Å². The molecule has 1 saturated heterocycles. The van der Waals surface area contributed by atoms with Gasteiger partial charge in [0.25, 0.3) is 0 Å². The number of carbonyl (C=O) groups is 3. The Labute approximate surface area is 202 Å². The second-order valence-corrected chi connectivity index (χ2v) is 9.99. The maximum Gasteiger partial charge on any atom is 0.326 e. The monoisotopic (exact) mass is 498 g/mol. The van der Waals surface area contributed by atoms with Crippen molar-refractivity contribution in [3.05, 3.63) is 80.5 Å². The van der Waals surface area contributed by atoms with Crippen LogP contribution in [0, 0.1) is 11.7 Å². The highest BCUT2D eigenvalue weighted by molar-refractivity contribution is 8.00. The second kappa shape index (κ2) is 8.84. The summed E-state index contributed by atoms with van der Waals surface area (Å²) in [6.07, 6.45) is 0. The number of anilines is 1. The minimum Gasteiger partial charge on any atom is -0.465 e. The minimum atomic E-state index is -0.794. The lowest BCUT2D eigenvalue weighted by Crippen LogP contribution is -2.32. The lowest BCUT2D eigenvalue weighted by molar-refractivity contribution is -0.144. The molecule has 0 N–H and O–H groups in total.